The molecule has 0 amide bonds. The topological polar surface area (TPSA) is 63.3 Å². The number of carboxylic acids is 1. The van der Waals surface area contributed by atoms with Crippen LogP contribution in [0.3, 0.4) is 0 Å². The molecule has 3 nitrogen and oxygen atoms in total. The van der Waals surface area contributed by atoms with E-state index in [1.807, 2.05) is 0 Å². The number of hydrogen-bond donors (Lipinski definition) is 3. The summed E-state index contributed by atoms with van der Waals surface area (Å²) in [5.41, 5.74) is 5.32. The number of hydrogen-bond acceptors (Lipinski definition) is 3. The van der Waals surface area contributed by atoms with Crippen molar-refractivity contribution in [2.45, 2.75) is 43.9 Å². The molecule has 0 saturated heterocycles. The highest BCUT2D eigenvalue weighted by atomic mass is 32.1. The van der Waals surface area contributed by atoms with E-state index in [1.54, 1.807) is 0 Å². The van der Waals surface area contributed by atoms with Gasteiger partial charge in [-0.25, -0.2) is 0 Å². The molecule has 2 unspecified atom stereocenters. The van der Waals surface area contributed by atoms with E-state index in [0.717, 1.165) is 19.3 Å². The molecule has 0 aliphatic rings. The van der Waals surface area contributed by atoms with Crippen LogP contribution >= 0.6 is 12.6 Å². The quantitative estimate of drug-likeness (QED) is 0.554. The lowest BCUT2D eigenvalue weighted by Gasteiger charge is -2.08. The molecule has 0 rings (SSSR count). The first kappa shape index (κ1) is 11.8. The van der Waals surface area contributed by atoms with Crippen LogP contribution in [0.1, 0.15) is 32.6 Å². The molecule has 0 heterocycles. The summed E-state index contributed by atoms with van der Waals surface area (Å²) >= 11 is 4.30. The third-order valence-corrected chi connectivity index (χ3v) is 2.46. The van der Waals surface area contributed by atoms with Crippen molar-refractivity contribution in [3.8, 4) is 0 Å². The van der Waals surface area contributed by atoms with E-state index < -0.39 is 12.0 Å². The normalized spacial score (nSPS) is 15.6. The fourth-order valence-corrected chi connectivity index (χ4v) is 1.08. The highest BCUT2D eigenvalue weighted by molar-refractivity contribution is 7.80. The Morgan fingerprint density at radius 1 is 1.58 bits per heavy atom. The molecule has 0 aromatic heterocycles. The van der Waals surface area contributed by atoms with Crippen molar-refractivity contribution in [3.05, 3.63) is 0 Å². The van der Waals surface area contributed by atoms with Crippen LogP contribution in [0.4, 0.5) is 0 Å². The Hall–Kier alpha value is -0.220. The van der Waals surface area contributed by atoms with Crippen LogP contribution in [0.25, 0.3) is 0 Å². The van der Waals surface area contributed by atoms with E-state index in [9.17, 15) is 4.79 Å². The van der Waals surface area contributed by atoms with Crippen molar-refractivity contribution in [2.75, 3.05) is 0 Å². The lowest BCUT2D eigenvalue weighted by Crippen LogP contribution is -2.29. The lowest BCUT2D eigenvalue weighted by atomic mass is 10.1. The number of carboxylic acid groups (broad SMARTS) is 1. The minimum absolute atomic E-state index is 0.381. The van der Waals surface area contributed by atoms with Crippen molar-refractivity contribution in [2.24, 2.45) is 5.73 Å². The molecule has 0 fully saturated rings. The Bertz CT molecular complexity index is 141. The van der Waals surface area contributed by atoms with Gasteiger partial charge in [0.25, 0.3) is 0 Å². The van der Waals surface area contributed by atoms with Gasteiger partial charge in [0.2, 0.25) is 0 Å². The van der Waals surface area contributed by atoms with E-state index in [2.05, 4.69) is 19.6 Å². The number of aliphatic carboxylic acids is 1. The Balaban J connectivity index is 3.37. The van der Waals surface area contributed by atoms with Gasteiger partial charge in [0.05, 0.1) is 0 Å². The Morgan fingerprint density at radius 3 is 2.58 bits per heavy atom. The molecule has 0 spiro atoms. The van der Waals surface area contributed by atoms with Crippen molar-refractivity contribution >= 4 is 18.6 Å². The maximum atomic E-state index is 10.3. The SMILES string of the molecule is CCC(S)CCCC(N)C(=O)O. The molecule has 2 atom stereocenters. The number of thiol groups is 1. The number of nitrogens with two attached hydrogens (primary N) is 1. The second-order valence-corrected chi connectivity index (χ2v) is 3.67. The zero-order valence-electron chi connectivity index (χ0n) is 7.36. The summed E-state index contributed by atoms with van der Waals surface area (Å²) < 4.78 is 0. The van der Waals surface area contributed by atoms with Gasteiger partial charge in [0.15, 0.2) is 0 Å². The molecule has 0 radical (unpaired) electrons. The molecule has 0 aromatic rings. The lowest BCUT2D eigenvalue weighted by molar-refractivity contribution is -0.138. The zero-order chi connectivity index (χ0) is 9.56. The first-order chi connectivity index (χ1) is 5.57. The average molecular weight is 191 g/mol. The number of carbonyl (C=O) groups is 1. The van der Waals surface area contributed by atoms with E-state index in [1.165, 1.54) is 0 Å². The van der Waals surface area contributed by atoms with Crippen molar-refractivity contribution in [1.29, 1.82) is 0 Å². The van der Waals surface area contributed by atoms with E-state index >= 15 is 0 Å². The van der Waals surface area contributed by atoms with Crippen LogP contribution in [0.2, 0.25) is 0 Å². The Labute approximate surface area is 78.7 Å². The van der Waals surface area contributed by atoms with Gasteiger partial charge in [-0.1, -0.05) is 13.3 Å². The molecular formula is C8H17NO2S. The van der Waals surface area contributed by atoms with Crippen molar-refractivity contribution < 1.29 is 9.90 Å². The first-order valence-corrected chi connectivity index (χ1v) is 4.76. The highest BCUT2D eigenvalue weighted by Crippen LogP contribution is 2.10. The largest absolute Gasteiger partial charge is 0.480 e. The van der Waals surface area contributed by atoms with Crippen LogP contribution in [0.5, 0.6) is 0 Å². The Kier molecular flexibility index (Phi) is 6.20. The zero-order valence-corrected chi connectivity index (χ0v) is 8.26. The summed E-state index contributed by atoms with van der Waals surface area (Å²) in [4.78, 5) is 10.3. The molecule has 0 saturated carbocycles. The first-order valence-electron chi connectivity index (χ1n) is 4.24. The maximum absolute atomic E-state index is 10.3. The van der Waals surface area contributed by atoms with Gasteiger partial charge in [0, 0.05) is 5.25 Å². The van der Waals surface area contributed by atoms with Gasteiger partial charge < -0.3 is 10.8 Å². The highest BCUT2D eigenvalue weighted by Gasteiger charge is 2.10. The minimum atomic E-state index is -0.915. The van der Waals surface area contributed by atoms with Crippen molar-refractivity contribution in [1.82, 2.24) is 0 Å². The summed E-state index contributed by atoms with van der Waals surface area (Å²) in [7, 11) is 0. The molecule has 0 aliphatic carbocycles. The van der Waals surface area contributed by atoms with Gasteiger partial charge in [0.1, 0.15) is 6.04 Å². The molecular weight excluding hydrogens is 174 g/mol. The molecule has 0 aliphatic heterocycles. The fraction of sp³-hybridized carbons (Fsp3) is 0.875. The van der Waals surface area contributed by atoms with Crippen LogP contribution in [0, 0.1) is 0 Å². The standard InChI is InChI=1S/C8H17NO2S/c1-2-6(12)4-3-5-7(9)8(10)11/h6-7,12H,2-5,9H2,1H3,(H,10,11). The predicted molar refractivity (Wildman–Crippen MR) is 52.5 cm³/mol. The monoisotopic (exact) mass is 191 g/mol. The van der Waals surface area contributed by atoms with E-state index in [0.29, 0.717) is 11.7 Å². The van der Waals surface area contributed by atoms with E-state index in [4.69, 9.17) is 10.8 Å². The average Bonchev–Trinajstić information content (AvgIpc) is 2.03. The van der Waals surface area contributed by atoms with Crippen LogP contribution in [0.15, 0.2) is 0 Å². The van der Waals surface area contributed by atoms with Crippen LogP contribution in [-0.4, -0.2) is 22.4 Å². The third-order valence-electron chi connectivity index (χ3n) is 1.84. The van der Waals surface area contributed by atoms with Gasteiger partial charge in [-0.2, -0.15) is 12.6 Å². The molecule has 12 heavy (non-hydrogen) atoms. The summed E-state index contributed by atoms with van der Waals surface area (Å²) in [5.74, 6) is -0.915. The van der Waals surface area contributed by atoms with Crippen molar-refractivity contribution in [3.63, 3.8) is 0 Å². The molecule has 0 aromatic carbocycles. The third kappa shape index (κ3) is 5.43. The second kappa shape index (κ2) is 6.31. The number of rotatable bonds is 6. The molecule has 72 valence electrons. The maximum Gasteiger partial charge on any atom is 0.320 e. The van der Waals surface area contributed by atoms with Gasteiger partial charge in [-0.15, -0.1) is 0 Å². The summed E-state index contributed by atoms with van der Waals surface area (Å²) in [6.07, 6.45) is 3.36. The van der Waals surface area contributed by atoms with Crippen LogP contribution < -0.4 is 5.73 Å². The van der Waals surface area contributed by atoms with Crippen LogP contribution in [-0.2, 0) is 4.79 Å². The second-order valence-electron chi connectivity index (χ2n) is 2.94. The fourth-order valence-electron chi connectivity index (χ4n) is 0.901. The predicted octanol–water partition coefficient (Wildman–Crippen LogP) is 1.28. The molecule has 4 heteroatoms. The smallest absolute Gasteiger partial charge is 0.320 e. The summed E-state index contributed by atoms with van der Waals surface area (Å²) in [5, 5.41) is 8.84. The van der Waals surface area contributed by atoms with Gasteiger partial charge >= 0.3 is 5.97 Å². The molecule has 3 N–H and O–H groups in total. The van der Waals surface area contributed by atoms with Gasteiger partial charge in [-0.3, -0.25) is 4.79 Å². The summed E-state index contributed by atoms with van der Waals surface area (Å²) in [6.45, 7) is 2.06. The molecule has 0 bridgehead atoms. The Morgan fingerprint density at radius 2 is 2.17 bits per heavy atom. The van der Waals surface area contributed by atoms with E-state index in [-0.39, 0.29) is 0 Å². The minimum Gasteiger partial charge on any atom is -0.480 e. The van der Waals surface area contributed by atoms with Gasteiger partial charge in [-0.05, 0) is 19.3 Å². The summed E-state index contributed by atoms with van der Waals surface area (Å²) in [6, 6.07) is -0.706.